The van der Waals surface area contributed by atoms with E-state index in [1.54, 1.807) is 30.5 Å². The van der Waals surface area contributed by atoms with Gasteiger partial charge in [-0.05, 0) is 50.2 Å². The van der Waals surface area contributed by atoms with Crippen LogP contribution in [0, 0.1) is 0 Å². The monoisotopic (exact) mass is 386 g/mol. The molecule has 0 unspecified atom stereocenters. The second-order valence-corrected chi connectivity index (χ2v) is 7.88. The number of thiazole rings is 1. The molecule has 2 aromatic heterocycles. The van der Waals surface area contributed by atoms with Gasteiger partial charge in [0.15, 0.2) is 16.6 Å². The summed E-state index contributed by atoms with van der Waals surface area (Å²) in [5.41, 5.74) is 2.24. The molecule has 134 valence electrons. The van der Waals surface area contributed by atoms with E-state index in [9.17, 15) is 9.59 Å². The maximum absolute atomic E-state index is 12.3. The number of rotatable bonds is 7. The molecular weight excluding hydrogens is 368 g/mol. The van der Waals surface area contributed by atoms with Gasteiger partial charge in [0.2, 0.25) is 5.91 Å². The van der Waals surface area contributed by atoms with Crippen LogP contribution in [-0.4, -0.2) is 21.9 Å². The van der Waals surface area contributed by atoms with Crippen LogP contribution in [0.15, 0.2) is 52.5 Å². The molecule has 0 saturated heterocycles. The first-order valence-electron chi connectivity index (χ1n) is 8.04. The molecule has 3 aromatic rings. The number of amides is 1. The zero-order valence-corrected chi connectivity index (χ0v) is 16.0. The van der Waals surface area contributed by atoms with Crippen molar-refractivity contribution in [2.24, 2.45) is 0 Å². The van der Waals surface area contributed by atoms with Crippen LogP contribution in [0.25, 0.3) is 10.8 Å². The van der Waals surface area contributed by atoms with Gasteiger partial charge in [-0.1, -0.05) is 0 Å². The number of benzene rings is 1. The first-order valence-corrected chi connectivity index (χ1v) is 9.97. The molecule has 0 bridgehead atoms. The van der Waals surface area contributed by atoms with Gasteiger partial charge in [0.05, 0.1) is 17.2 Å². The number of nitrogens with zero attached hydrogens (tertiary/aromatic N) is 1. The molecule has 1 aromatic carbocycles. The fourth-order valence-electron chi connectivity index (χ4n) is 2.20. The lowest BCUT2D eigenvalue weighted by Gasteiger charge is -2.11. The summed E-state index contributed by atoms with van der Waals surface area (Å²) in [6, 6.07) is 10.6. The van der Waals surface area contributed by atoms with Crippen molar-refractivity contribution >= 4 is 40.5 Å². The highest BCUT2D eigenvalue weighted by Gasteiger charge is 2.15. The summed E-state index contributed by atoms with van der Waals surface area (Å²) in [7, 11) is 0. The van der Waals surface area contributed by atoms with E-state index in [2.05, 4.69) is 10.3 Å². The molecule has 0 aliphatic rings. The Bertz CT molecular complexity index is 886. The van der Waals surface area contributed by atoms with Crippen molar-refractivity contribution in [1.82, 2.24) is 4.98 Å². The van der Waals surface area contributed by atoms with Crippen molar-refractivity contribution in [3.05, 3.63) is 59.3 Å². The number of Topliss-reactive ketones (excluding diaryl/α,β-unsaturated/α-hetero) is 1. The van der Waals surface area contributed by atoms with Gasteiger partial charge in [-0.15, -0.1) is 23.1 Å². The van der Waals surface area contributed by atoms with Gasteiger partial charge in [0, 0.05) is 22.4 Å². The maximum Gasteiger partial charge on any atom is 0.237 e. The molecule has 0 fully saturated rings. The number of carbonyl (C=O) groups excluding carboxylic acids is 2. The molecule has 0 aliphatic carbocycles. The molecule has 0 spiro atoms. The largest absolute Gasteiger partial charge is 0.462 e. The topological polar surface area (TPSA) is 72.2 Å². The predicted octanol–water partition coefficient (Wildman–Crippen LogP) is 4.87. The minimum absolute atomic E-state index is 0.00369. The average Bonchev–Trinajstić information content (AvgIpc) is 3.31. The van der Waals surface area contributed by atoms with E-state index in [0.29, 0.717) is 17.0 Å². The Kier molecular flexibility index (Phi) is 5.90. The van der Waals surface area contributed by atoms with Crippen LogP contribution >= 0.6 is 23.1 Å². The summed E-state index contributed by atoms with van der Waals surface area (Å²) >= 11 is 3.05. The van der Waals surface area contributed by atoms with Crippen molar-refractivity contribution in [1.29, 1.82) is 0 Å². The number of furan rings is 1. The Morgan fingerprint density at radius 1 is 1.27 bits per heavy atom. The number of nitrogens with one attached hydrogen (secondary N) is 1. The Morgan fingerprint density at radius 2 is 2.04 bits per heavy atom. The zero-order valence-electron chi connectivity index (χ0n) is 14.4. The van der Waals surface area contributed by atoms with Gasteiger partial charge in [0.1, 0.15) is 0 Å². The first-order chi connectivity index (χ1) is 12.5. The standard InChI is InChI=1S/C19H18N2O3S2/c1-12(22)14-5-7-15(8-6-14)20-18(23)13(2)25-10-16-11-26-19(21-16)17-4-3-9-24-17/h3-9,11,13H,10H2,1-2H3,(H,20,23)/t13-/m1/s1. The lowest BCUT2D eigenvalue weighted by atomic mass is 10.1. The number of aromatic nitrogens is 1. The van der Waals surface area contributed by atoms with Crippen LogP contribution in [0.1, 0.15) is 29.9 Å². The van der Waals surface area contributed by atoms with Crippen LogP contribution in [-0.2, 0) is 10.5 Å². The van der Waals surface area contributed by atoms with Crippen molar-refractivity contribution in [3.8, 4) is 10.8 Å². The van der Waals surface area contributed by atoms with E-state index < -0.39 is 0 Å². The average molecular weight is 386 g/mol. The van der Waals surface area contributed by atoms with Crippen LogP contribution in [0.2, 0.25) is 0 Å². The van der Waals surface area contributed by atoms with Crippen LogP contribution in [0.3, 0.4) is 0 Å². The van der Waals surface area contributed by atoms with E-state index in [1.807, 2.05) is 24.4 Å². The van der Waals surface area contributed by atoms with E-state index in [0.717, 1.165) is 16.5 Å². The second-order valence-electron chi connectivity index (χ2n) is 5.70. The lowest BCUT2D eigenvalue weighted by Crippen LogP contribution is -2.22. The van der Waals surface area contributed by atoms with Gasteiger partial charge in [-0.2, -0.15) is 0 Å². The van der Waals surface area contributed by atoms with Crippen LogP contribution in [0.5, 0.6) is 0 Å². The van der Waals surface area contributed by atoms with Crippen molar-refractivity contribution < 1.29 is 14.0 Å². The third-order valence-electron chi connectivity index (χ3n) is 3.69. The van der Waals surface area contributed by atoms with Gasteiger partial charge in [-0.25, -0.2) is 4.98 Å². The quantitative estimate of drug-likeness (QED) is 0.587. The molecule has 0 aliphatic heterocycles. The fourth-order valence-corrected chi connectivity index (χ4v) is 3.88. The van der Waals surface area contributed by atoms with Gasteiger partial charge in [0.25, 0.3) is 0 Å². The molecule has 26 heavy (non-hydrogen) atoms. The smallest absolute Gasteiger partial charge is 0.237 e. The number of carbonyl (C=O) groups is 2. The molecule has 7 heteroatoms. The third-order valence-corrected chi connectivity index (χ3v) is 5.78. The molecule has 0 radical (unpaired) electrons. The summed E-state index contributed by atoms with van der Waals surface area (Å²) in [6.45, 7) is 3.38. The lowest BCUT2D eigenvalue weighted by molar-refractivity contribution is -0.115. The summed E-state index contributed by atoms with van der Waals surface area (Å²) in [6.07, 6.45) is 1.63. The minimum Gasteiger partial charge on any atom is -0.462 e. The highest BCUT2D eigenvalue weighted by Crippen LogP contribution is 2.27. The first kappa shape index (κ1) is 18.4. The van der Waals surface area contributed by atoms with E-state index in [1.165, 1.54) is 30.0 Å². The van der Waals surface area contributed by atoms with E-state index >= 15 is 0 Å². The summed E-state index contributed by atoms with van der Waals surface area (Å²) < 4.78 is 5.34. The fraction of sp³-hybridized carbons (Fsp3) is 0.211. The molecular formula is C19H18N2O3S2. The number of ketones is 1. The maximum atomic E-state index is 12.3. The normalized spacial score (nSPS) is 11.9. The Morgan fingerprint density at radius 3 is 2.69 bits per heavy atom. The van der Waals surface area contributed by atoms with Gasteiger partial charge in [-0.3, -0.25) is 9.59 Å². The van der Waals surface area contributed by atoms with E-state index in [4.69, 9.17) is 4.42 Å². The molecule has 0 saturated carbocycles. The summed E-state index contributed by atoms with van der Waals surface area (Å²) in [5.74, 6) is 1.33. The van der Waals surface area contributed by atoms with Gasteiger partial charge < -0.3 is 9.73 Å². The SMILES string of the molecule is CC(=O)c1ccc(NC(=O)[C@@H](C)SCc2csc(-c3ccco3)n2)cc1. The van der Waals surface area contributed by atoms with Crippen LogP contribution < -0.4 is 5.32 Å². The number of hydrogen-bond donors (Lipinski definition) is 1. The highest BCUT2D eigenvalue weighted by atomic mass is 32.2. The van der Waals surface area contributed by atoms with Crippen molar-refractivity contribution in [2.45, 2.75) is 24.9 Å². The molecule has 1 N–H and O–H groups in total. The number of anilines is 1. The minimum atomic E-state index is -0.226. The van der Waals surface area contributed by atoms with Crippen LogP contribution in [0.4, 0.5) is 5.69 Å². The number of thioether (sulfide) groups is 1. The summed E-state index contributed by atoms with van der Waals surface area (Å²) in [4.78, 5) is 28.1. The Hall–Kier alpha value is -2.38. The molecule has 5 nitrogen and oxygen atoms in total. The highest BCUT2D eigenvalue weighted by molar-refractivity contribution is 7.99. The second kappa shape index (κ2) is 8.33. The van der Waals surface area contributed by atoms with Crippen molar-refractivity contribution in [3.63, 3.8) is 0 Å². The zero-order chi connectivity index (χ0) is 18.5. The predicted molar refractivity (Wildman–Crippen MR) is 106 cm³/mol. The van der Waals surface area contributed by atoms with E-state index in [-0.39, 0.29) is 16.9 Å². The Labute approximate surface area is 159 Å². The molecule has 3 rings (SSSR count). The van der Waals surface area contributed by atoms with Crippen molar-refractivity contribution in [2.75, 3.05) is 5.32 Å². The number of hydrogen-bond acceptors (Lipinski definition) is 6. The van der Waals surface area contributed by atoms with Gasteiger partial charge >= 0.3 is 0 Å². The third kappa shape index (κ3) is 4.62. The Balaban J connectivity index is 1.52. The molecule has 1 atom stereocenters. The molecule has 2 heterocycles. The summed E-state index contributed by atoms with van der Waals surface area (Å²) in [5, 5.41) is 5.47. The molecule has 1 amide bonds.